The molecule has 0 radical (unpaired) electrons. The maximum absolute atomic E-state index is 12.3. The molecule has 0 aliphatic heterocycles. The van der Waals surface area contributed by atoms with Gasteiger partial charge in [0.25, 0.3) is 0 Å². The van der Waals surface area contributed by atoms with E-state index in [-0.39, 0.29) is 18.9 Å². The van der Waals surface area contributed by atoms with Gasteiger partial charge in [-0.05, 0) is 11.5 Å². The molecule has 1 rings (SSSR count). The summed E-state index contributed by atoms with van der Waals surface area (Å²) < 4.78 is 24.4. The standard InChI is InChI=1S/C17H26N2O3S/c1-15(2)14-19(17(20)11-12-18-23(3,21)22)13-7-10-16-8-5-4-6-9-16/h4-10,15,18H,11-14H2,1-3H3. The van der Waals surface area contributed by atoms with Crippen LogP contribution in [0.25, 0.3) is 6.08 Å². The predicted molar refractivity (Wildman–Crippen MR) is 94.4 cm³/mol. The molecule has 0 aromatic heterocycles. The SMILES string of the molecule is CC(C)CN(CC=Cc1ccccc1)C(=O)CCNS(C)(=O)=O. The number of rotatable bonds is 9. The summed E-state index contributed by atoms with van der Waals surface area (Å²) in [7, 11) is -3.26. The lowest BCUT2D eigenvalue weighted by atomic mass is 10.2. The van der Waals surface area contributed by atoms with Crippen molar-refractivity contribution in [3.63, 3.8) is 0 Å². The molecule has 0 aliphatic rings. The Bertz CT molecular complexity index is 610. The molecule has 0 saturated heterocycles. The molecule has 0 bridgehead atoms. The number of nitrogens with one attached hydrogen (secondary N) is 1. The fraction of sp³-hybridized carbons (Fsp3) is 0.471. The van der Waals surface area contributed by atoms with Crippen LogP contribution in [-0.4, -0.2) is 45.1 Å². The molecular weight excluding hydrogens is 312 g/mol. The zero-order chi connectivity index (χ0) is 17.3. The molecule has 1 amide bonds. The van der Waals surface area contributed by atoms with Gasteiger partial charge in [-0.1, -0.05) is 56.3 Å². The number of amides is 1. The summed E-state index contributed by atoms with van der Waals surface area (Å²) in [4.78, 5) is 14.0. The molecule has 0 saturated carbocycles. The van der Waals surface area contributed by atoms with Crippen LogP contribution in [0.4, 0.5) is 0 Å². The third kappa shape index (κ3) is 9.15. The Labute approximate surface area is 139 Å². The van der Waals surface area contributed by atoms with Crippen LogP contribution < -0.4 is 4.72 Å². The topological polar surface area (TPSA) is 66.5 Å². The Morgan fingerprint density at radius 3 is 2.48 bits per heavy atom. The summed E-state index contributed by atoms with van der Waals surface area (Å²) in [6, 6.07) is 9.89. The highest BCUT2D eigenvalue weighted by atomic mass is 32.2. The van der Waals surface area contributed by atoms with Gasteiger partial charge in [0.2, 0.25) is 15.9 Å². The van der Waals surface area contributed by atoms with Gasteiger partial charge in [-0.3, -0.25) is 4.79 Å². The van der Waals surface area contributed by atoms with Crippen molar-refractivity contribution < 1.29 is 13.2 Å². The molecule has 0 heterocycles. The van der Waals surface area contributed by atoms with E-state index in [1.165, 1.54) is 0 Å². The maximum Gasteiger partial charge on any atom is 0.224 e. The van der Waals surface area contributed by atoms with Crippen molar-refractivity contribution in [2.45, 2.75) is 20.3 Å². The minimum atomic E-state index is -3.26. The molecular formula is C17H26N2O3S. The minimum Gasteiger partial charge on any atom is -0.339 e. The second kappa shape index (κ2) is 9.47. The van der Waals surface area contributed by atoms with Gasteiger partial charge < -0.3 is 4.90 Å². The lowest BCUT2D eigenvalue weighted by Gasteiger charge is -2.23. The van der Waals surface area contributed by atoms with Gasteiger partial charge in [-0.2, -0.15) is 0 Å². The third-order valence-corrected chi connectivity index (χ3v) is 3.81. The Hall–Kier alpha value is -1.66. The number of carbonyl (C=O) groups excluding carboxylic acids is 1. The molecule has 1 aromatic rings. The van der Waals surface area contributed by atoms with Crippen molar-refractivity contribution in [1.82, 2.24) is 9.62 Å². The second-order valence-electron chi connectivity index (χ2n) is 5.92. The van der Waals surface area contributed by atoms with Crippen LogP contribution >= 0.6 is 0 Å². The van der Waals surface area contributed by atoms with Crippen LogP contribution in [0.3, 0.4) is 0 Å². The van der Waals surface area contributed by atoms with Crippen LogP contribution in [0.2, 0.25) is 0 Å². The summed E-state index contributed by atoms with van der Waals surface area (Å²) in [6.45, 7) is 5.40. The van der Waals surface area contributed by atoms with Crippen molar-refractivity contribution in [3.8, 4) is 0 Å². The fourth-order valence-corrected chi connectivity index (χ4v) is 2.57. The third-order valence-electron chi connectivity index (χ3n) is 3.08. The highest BCUT2D eigenvalue weighted by Crippen LogP contribution is 2.05. The maximum atomic E-state index is 12.3. The van der Waals surface area contributed by atoms with Crippen molar-refractivity contribution in [3.05, 3.63) is 42.0 Å². The lowest BCUT2D eigenvalue weighted by molar-refractivity contribution is -0.131. The van der Waals surface area contributed by atoms with Crippen LogP contribution in [0, 0.1) is 5.92 Å². The van der Waals surface area contributed by atoms with Crippen LogP contribution in [-0.2, 0) is 14.8 Å². The monoisotopic (exact) mass is 338 g/mol. The quantitative estimate of drug-likeness (QED) is 0.750. The largest absolute Gasteiger partial charge is 0.339 e. The summed E-state index contributed by atoms with van der Waals surface area (Å²) in [5, 5.41) is 0. The zero-order valence-electron chi connectivity index (χ0n) is 14.0. The molecule has 0 fully saturated rings. The van der Waals surface area contributed by atoms with E-state index in [4.69, 9.17) is 0 Å². The van der Waals surface area contributed by atoms with Gasteiger partial charge in [-0.25, -0.2) is 13.1 Å². The highest BCUT2D eigenvalue weighted by Gasteiger charge is 2.14. The van der Waals surface area contributed by atoms with E-state index in [1.807, 2.05) is 42.5 Å². The first-order chi connectivity index (χ1) is 10.8. The van der Waals surface area contributed by atoms with Crippen molar-refractivity contribution in [2.75, 3.05) is 25.9 Å². The number of benzene rings is 1. The van der Waals surface area contributed by atoms with E-state index in [1.54, 1.807) is 4.90 Å². The summed E-state index contributed by atoms with van der Waals surface area (Å²) >= 11 is 0. The molecule has 1 aromatic carbocycles. The number of nitrogens with zero attached hydrogens (tertiary/aromatic N) is 1. The van der Waals surface area contributed by atoms with E-state index >= 15 is 0 Å². The van der Waals surface area contributed by atoms with Gasteiger partial charge in [0.15, 0.2) is 0 Å². The van der Waals surface area contributed by atoms with E-state index in [0.717, 1.165) is 11.8 Å². The first kappa shape index (κ1) is 19.4. The summed E-state index contributed by atoms with van der Waals surface area (Å²) in [5.74, 6) is 0.305. The van der Waals surface area contributed by atoms with Gasteiger partial charge in [-0.15, -0.1) is 0 Å². The predicted octanol–water partition coefficient (Wildman–Crippen LogP) is 2.12. The van der Waals surface area contributed by atoms with Gasteiger partial charge in [0, 0.05) is 26.1 Å². The lowest BCUT2D eigenvalue weighted by Crippen LogP contribution is -2.36. The van der Waals surface area contributed by atoms with Crippen LogP contribution in [0.15, 0.2) is 36.4 Å². The Balaban J connectivity index is 2.57. The first-order valence-corrected chi connectivity index (χ1v) is 9.61. The second-order valence-corrected chi connectivity index (χ2v) is 7.76. The normalized spacial score (nSPS) is 12.0. The van der Waals surface area contributed by atoms with Crippen LogP contribution in [0.5, 0.6) is 0 Å². The van der Waals surface area contributed by atoms with E-state index in [9.17, 15) is 13.2 Å². The Morgan fingerprint density at radius 2 is 1.91 bits per heavy atom. The molecule has 5 nitrogen and oxygen atoms in total. The zero-order valence-corrected chi connectivity index (χ0v) is 14.8. The number of sulfonamides is 1. The molecule has 23 heavy (non-hydrogen) atoms. The first-order valence-electron chi connectivity index (χ1n) is 7.72. The van der Waals surface area contributed by atoms with E-state index < -0.39 is 10.0 Å². The van der Waals surface area contributed by atoms with Crippen LogP contribution in [0.1, 0.15) is 25.8 Å². The number of hydrogen-bond donors (Lipinski definition) is 1. The fourth-order valence-electron chi connectivity index (χ4n) is 2.10. The van der Waals surface area contributed by atoms with Gasteiger partial charge >= 0.3 is 0 Å². The number of hydrogen-bond acceptors (Lipinski definition) is 3. The van der Waals surface area contributed by atoms with E-state index in [2.05, 4.69) is 18.6 Å². The molecule has 0 aliphatic carbocycles. The Morgan fingerprint density at radius 1 is 1.26 bits per heavy atom. The van der Waals surface area contributed by atoms with Gasteiger partial charge in [0.05, 0.1) is 6.26 Å². The molecule has 1 N–H and O–H groups in total. The molecule has 128 valence electrons. The minimum absolute atomic E-state index is 0.0486. The average molecular weight is 338 g/mol. The Kier molecular flexibility index (Phi) is 7.98. The molecule has 6 heteroatoms. The van der Waals surface area contributed by atoms with Gasteiger partial charge in [0.1, 0.15) is 0 Å². The molecule has 0 spiro atoms. The van der Waals surface area contributed by atoms with Crippen molar-refractivity contribution in [1.29, 1.82) is 0 Å². The average Bonchev–Trinajstić information content (AvgIpc) is 2.45. The molecule has 0 atom stereocenters. The van der Waals surface area contributed by atoms with E-state index in [0.29, 0.717) is 19.0 Å². The number of carbonyl (C=O) groups is 1. The summed E-state index contributed by atoms with van der Waals surface area (Å²) in [6.07, 6.45) is 5.19. The summed E-state index contributed by atoms with van der Waals surface area (Å²) in [5.41, 5.74) is 1.09. The molecule has 0 unspecified atom stereocenters. The van der Waals surface area contributed by atoms with Crippen molar-refractivity contribution >= 4 is 22.0 Å². The highest BCUT2D eigenvalue weighted by molar-refractivity contribution is 7.88. The van der Waals surface area contributed by atoms with Crippen molar-refractivity contribution in [2.24, 2.45) is 5.92 Å². The smallest absolute Gasteiger partial charge is 0.224 e.